The molecule has 0 spiro atoms. The molecule has 1 N–H and O–H groups in total. The van der Waals surface area contributed by atoms with Gasteiger partial charge in [-0.1, -0.05) is 13.8 Å². The van der Waals surface area contributed by atoms with Gasteiger partial charge in [0.15, 0.2) is 10.8 Å². The maximum absolute atomic E-state index is 4.56. The smallest absolute Gasteiger partial charge is 0.190 e. The molecular formula is C12H16N4S. The van der Waals surface area contributed by atoms with Gasteiger partial charge in [-0.15, -0.1) is 11.3 Å². The molecule has 4 nitrogen and oxygen atoms in total. The molecule has 0 radical (unpaired) electrons. The summed E-state index contributed by atoms with van der Waals surface area (Å²) in [5, 5.41) is 5.87. The second-order valence-corrected chi connectivity index (χ2v) is 5.15. The van der Waals surface area contributed by atoms with Gasteiger partial charge in [0, 0.05) is 30.4 Å². The predicted molar refractivity (Wildman–Crippen MR) is 71.2 cm³/mol. The third-order valence-electron chi connectivity index (χ3n) is 2.28. The first-order chi connectivity index (χ1) is 8.19. The van der Waals surface area contributed by atoms with E-state index in [9.17, 15) is 0 Å². The van der Waals surface area contributed by atoms with Crippen LogP contribution in [0, 0.1) is 5.92 Å². The van der Waals surface area contributed by atoms with E-state index in [-0.39, 0.29) is 0 Å². The summed E-state index contributed by atoms with van der Waals surface area (Å²) in [5.74, 6) is 2.14. The van der Waals surface area contributed by atoms with Crippen LogP contribution in [0.15, 0.2) is 17.6 Å². The second-order valence-electron chi connectivity index (χ2n) is 4.25. The minimum Gasteiger partial charge on any atom is -0.373 e. The Kier molecular flexibility index (Phi) is 3.68. The van der Waals surface area contributed by atoms with E-state index in [1.807, 2.05) is 18.5 Å². The Balaban J connectivity index is 2.38. The first kappa shape index (κ1) is 12.0. The molecule has 0 bridgehead atoms. The first-order valence-electron chi connectivity index (χ1n) is 5.64. The third kappa shape index (κ3) is 3.00. The summed E-state index contributed by atoms with van der Waals surface area (Å²) in [5.41, 5.74) is 1.06. The Labute approximate surface area is 105 Å². The number of nitrogens with zero attached hydrogens (tertiary/aromatic N) is 3. The molecule has 0 amide bonds. The maximum atomic E-state index is 4.56. The highest BCUT2D eigenvalue weighted by Crippen LogP contribution is 2.20. The van der Waals surface area contributed by atoms with Crippen LogP contribution in [0.3, 0.4) is 0 Å². The number of aromatic nitrogens is 3. The van der Waals surface area contributed by atoms with Crippen molar-refractivity contribution in [2.24, 2.45) is 5.92 Å². The van der Waals surface area contributed by atoms with Gasteiger partial charge in [0.25, 0.3) is 0 Å². The molecule has 0 saturated heterocycles. The number of rotatable bonds is 4. The molecule has 2 heterocycles. The van der Waals surface area contributed by atoms with Crippen LogP contribution in [0.4, 0.5) is 5.82 Å². The van der Waals surface area contributed by atoms with E-state index in [0.29, 0.717) is 11.7 Å². The Morgan fingerprint density at radius 3 is 2.76 bits per heavy atom. The second kappa shape index (κ2) is 5.23. The van der Waals surface area contributed by atoms with Gasteiger partial charge in [-0.05, 0) is 12.3 Å². The van der Waals surface area contributed by atoms with Crippen molar-refractivity contribution >= 4 is 17.2 Å². The van der Waals surface area contributed by atoms with Crippen molar-refractivity contribution in [2.45, 2.75) is 20.3 Å². The van der Waals surface area contributed by atoms with E-state index in [0.717, 1.165) is 22.9 Å². The summed E-state index contributed by atoms with van der Waals surface area (Å²) >= 11 is 1.56. The van der Waals surface area contributed by atoms with Crippen molar-refractivity contribution in [3.8, 4) is 10.8 Å². The van der Waals surface area contributed by atoms with Crippen molar-refractivity contribution in [3.05, 3.63) is 23.3 Å². The van der Waals surface area contributed by atoms with E-state index >= 15 is 0 Å². The Hall–Kier alpha value is -1.49. The van der Waals surface area contributed by atoms with E-state index < -0.39 is 0 Å². The summed E-state index contributed by atoms with van der Waals surface area (Å²) in [7, 11) is 1.87. The summed E-state index contributed by atoms with van der Waals surface area (Å²) in [6.45, 7) is 4.37. The minimum atomic E-state index is 0.582. The highest BCUT2D eigenvalue weighted by Gasteiger charge is 2.09. The molecule has 0 fully saturated rings. The molecule has 5 heteroatoms. The lowest BCUT2D eigenvalue weighted by Gasteiger charge is -2.08. The van der Waals surface area contributed by atoms with Crippen LogP contribution in [0.1, 0.15) is 19.5 Å². The zero-order chi connectivity index (χ0) is 12.3. The fourth-order valence-electron chi connectivity index (χ4n) is 1.58. The molecule has 17 heavy (non-hydrogen) atoms. The van der Waals surface area contributed by atoms with Gasteiger partial charge >= 0.3 is 0 Å². The number of hydrogen-bond acceptors (Lipinski definition) is 5. The van der Waals surface area contributed by atoms with Gasteiger partial charge in [-0.3, -0.25) is 0 Å². The lowest BCUT2D eigenvalue weighted by Crippen LogP contribution is -2.03. The van der Waals surface area contributed by atoms with Gasteiger partial charge in [-0.25, -0.2) is 15.0 Å². The first-order valence-corrected chi connectivity index (χ1v) is 6.52. The standard InChI is InChI=1S/C12H16N4S/c1-8(2)6-9-7-10(13-3)16-11(15-9)12-14-4-5-17-12/h4-5,7-8H,6H2,1-3H3,(H,13,15,16). The fourth-order valence-corrected chi connectivity index (χ4v) is 2.15. The predicted octanol–water partition coefficient (Wildman–Crippen LogP) is 2.84. The minimum absolute atomic E-state index is 0.582. The summed E-state index contributed by atoms with van der Waals surface area (Å²) in [4.78, 5) is 13.2. The molecule has 0 atom stereocenters. The maximum Gasteiger partial charge on any atom is 0.190 e. The summed E-state index contributed by atoms with van der Waals surface area (Å²) in [6, 6.07) is 2.00. The van der Waals surface area contributed by atoms with Gasteiger partial charge in [0.2, 0.25) is 0 Å². The molecule has 0 aliphatic heterocycles. The molecule has 0 aromatic carbocycles. The van der Waals surface area contributed by atoms with E-state index in [2.05, 4.69) is 34.1 Å². The largest absolute Gasteiger partial charge is 0.373 e. The van der Waals surface area contributed by atoms with Crippen molar-refractivity contribution < 1.29 is 0 Å². The van der Waals surface area contributed by atoms with E-state index in [4.69, 9.17) is 0 Å². The molecule has 0 unspecified atom stereocenters. The number of hydrogen-bond donors (Lipinski definition) is 1. The summed E-state index contributed by atoms with van der Waals surface area (Å²) in [6.07, 6.45) is 2.73. The van der Waals surface area contributed by atoms with E-state index in [1.54, 1.807) is 17.5 Å². The topological polar surface area (TPSA) is 50.7 Å². The molecule has 2 aromatic heterocycles. The quantitative estimate of drug-likeness (QED) is 0.904. The van der Waals surface area contributed by atoms with Crippen LogP contribution in [0.2, 0.25) is 0 Å². The van der Waals surface area contributed by atoms with Crippen LogP contribution in [-0.2, 0) is 6.42 Å². The van der Waals surface area contributed by atoms with Crippen molar-refractivity contribution in [2.75, 3.05) is 12.4 Å². The molecule has 2 aromatic rings. The van der Waals surface area contributed by atoms with Crippen LogP contribution in [0.25, 0.3) is 10.8 Å². The average Bonchev–Trinajstić information content (AvgIpc) is 2.81. The molecule has 0 aliphatic carbocycles. The molecule has 90 valence electrons. The third-order valence-corrected chi connectivity index (χ3v) is 3.05. The number of thiazole rings is 1. The van der Waals surface area contributed by atoms with Crippen LogP contribution in [-0.4, -0.2) is 22.0 Å². The Morgan fingerprint density at radius 1 is 1.35 bits per heavy atom. The van der Waals surface area contributed by atoms with Gasteiger partial charge in [0.05, 0.1) is 0 Å². The Morgan fingerprint density at radius 2 is 2.18 bits per heavy atom. The molecule has 2 rings (SSSR count). The zero-order valence-electron chi connectivity index (χ0n) is 10.3. The molecule has 0 saturated carbocycles. The van der Waals surface area contributed by atoms with Crippen molar-refractivity contribution in [1.82, 2.24) is 15.0 Å². The lowest BCUT2D eigenvalue weighted by molar-refractivity contribution is 0.635. The number of nitrogens with one attached hydrogen (secondary N) is 1. The zero-order valence-corrected chi connectivity index (χ0v) is 11.1. The van der Waals surface area contributed by atoms with Crippen LogP contribution < -0.4 is 5.32 Å². The van der Waals surface area contributed by atoms with Crippen molar-refractivity contribution in [1.29, 1.82) is 0 Å². The highest BCUT2D eigenvalue weighted by molar-refractivity contribution is 7.13. The fraction of sp³-hybridized carbons (Fsp3) is 0.417. The summed E-state index contributed by atoms with van der Waals surface area (Å²) < 4.78 is 0. The van der Waals surface area contributed by atoms with Crippen LogP contribution >= 0.6 is 11.3 Å². The van der Waals surface area contributed by atoms with Crippen molar-refractivity contribution in [3.63, 3.8) is 0 Å². The van der Waals surface area contributed by atoms with Crippen LogP contribution in [0.5, 0.6) is 0 Å². The average molecular weight is 248 g/mol. The van der Waals surface area contributed by atoms with Gasteiger partial charge < -0.3 is 5.32 Å². The monoisotopic (exact) mass is 248 g/mol. The highest BCUT2D eigenvalue weighted by atomic mass is 32.1. The van der Waals surface area contributed by atoms with Gasteiger partial charge in [-0.2, -0.15) is 0 Å². The van der Waals surface area contributed by atoms with E-state index in [1.165, 1.54) is 0 Å². The lowest BCUT2D eigenvalue weighted by atomic mass is 10.1. The normalized spacial score (nSPS) is 10.8. The van der Waals surface area contributed by atoms with Gasteiger partial charge in [0.1, 0.15) is 5.82 Å². The Bertz CT molecular complexity index is 479. The SMILES string of the molecule is CNc1cc(CC(C)C)nc(-c2nccs2)n1. The number of anilines is 1. The molecule has 0 aliphatic rings. The molecular weight excluding hydrogens is 232 g/mol.